The minimum Gasteiger partial charge on any atom is -0.480 e. The van der Waals surface area contributed by atoms with E-state index in [0.717, 1.165) is 6.07 Å². The molecule has 1 radical (unpaired) electrons. The second-order valence-electron chi connectivity index (χ2n) is 5.80. The van der Waals surface area contributed by atoms with Gasteiger partial charge in [-0.1, -0.05) is 29.8 Å². The highest BCUT2D eigenvalue weighted by Gasteiger charge is 2.48. The lowest BCUT2D eigenvalue weighted by Gasteiger charge is -2.12. The van der Waals surface area contributed by atoms with Gasteiger partial charge in [-0.15, -0.1) is 0 Å². The Hall–Kier alpha value is -3.33. The Morgan fingerprint density at radius 2 is 2.00 bits per heavy atom. The van der Waals surface area contributed by atoms with E-state index in [-0.39, 0.29) is 21.9 Å². The van der Waals surface area contributed by atoms with E-state index >= 15 is 4.39 Å². The summed E-state index contributed by atoms with van der Waals surface area (Å²) in [5.74, 6) is -3.62. The molecule has 0 atom stereocenters. The fourth-order valence-corrected chi connectivity index (χ4v) is 3.07. The van der Waals surface area contributed by atoms with Crippen molar-refractivity contribution >= 4 is 34.6 Å². The van der Waals surface area contributed by atoms with Crippen LogP contribution in [0.15, 0.2) is 30.4 Å². The highest BCUT2D eigenvalue weighted by Crippen LogP contribution is 2.41. The number of hydrogen-bond acceptors (Lipinski definition) is 4. The molecule has 1 aliphatic rings. The first-order valence-corrected chi connectivity index (χ1v) is 7.84. The molecule has 3 aromatic rings. The monoisotopic (exact) mass is 389 g/mol. The quantitative estimate of drug-likeness (QED) is 0.669. The van der Waals surface area contributed by atoms with Crippen LogP contribution in [-0.2, 0) is 10.2 Å². The minimum absolute atomic E-state index is 0.0766. The maximum absolute atomic E-state index is 15.1. The van der Waals surface area contributed by atoms with Crippen molar-refractivity contribution in [2.24, 2.45) is 5.73 Å². The van der Waals surface area contributed by atoms with Gasteiger partial charge in [0.25, 0.3) is 0 Å². The van der Waals surface area contributed by atoms with Gasteiger partial charge in [0, 0.05) is 0 Å². The minimum atomic E-state index is -1.72. The molecule has 0 aliphatic heterocycles. The zero-order valence-corrected chi connectivity index (χ0v) is 14.0. The Kier molecular flexibility index (Phi) is 3.54. The standard InChI is InChI=1S/C17H8ClF2N4O3/c18-7-2-1-3-8(19)10(7)14-23-9-6-22-13(17(4-5-17)15(25)26)11(20)12(9)24(14)16(21)27/h1-5H,(H2,21,27)(H,25,26). The zero-order valence-electron chi connectivity index (χ0n) is 13.2. The van der Waals surface area contributed by atoms with Gasteiger partial charge in [-0.3, -0.25) is 4.79 Å². The van der Waals surface area contributed by atoms with E-state index in [1.165, 1.54) is 24.3 Å². The number of rotatable bonds is 3. The SMILES string of the molecule is NC(=O)n1c(-c2c(F)cccc2Cl)nc2[c]nc(C3(C(=O)O)C=C3)c(F)c21. The van der Waals surface area contributed by atoms with Gasteiger partial charge in [0.15, 0.2) is 11.6 Å². The van der Waals surface area contributed by atoms with Gasteiger partial charge in [-0.05, 0) is 12.1 Å². The van der Waals surface area contributed by atoms with Crippen molar-refractivity contribution < 1.29 is 23.5 Å². The van der Waals surface area contributed by atoms with E-state index < -0.39 is 40.3 Å². The van der Waals surface area contributed by atoms with Crippen LogP contribution in [0.3, 0.4) is 0 Å². The van der Waals surface area contributed by atoms with E-state index in [0.29, 0.717) is 4.57 Å². The first-order chi connectivity index (χ1) is 12.8. The molecule has 0 unspecified atom stereocenters. The van der Waals surface area contributed by atoms with Crippen molar-refractivity contribution in [1.82, 2.24) is 14.5 Å². The second kappa shape index (κ2) is 5.58. The van der Waals surface area contributed by atoms with Crippen molar-refractivity contribution in [3.05, 3.63) is 58.9 Å². The van der Waals surface area contributed by atoms with E-state index in [2.05, 4.69) is 16.2 Å². The largest absolute Gasteiger partial charge is 0.480 e. The van der Waals surface area contributed by atoms with Crippen LogP contribution >= 0.6 is 11.6 Å². The van der Waals surface area contributed by atoms with Crippen LogP contribution in [-0.4, -0.2) is 31.6 Å². The predicted molar refractivity (Wildman–Crippen MR) is 90.2 cm³/mol. The summed E-state index contributed by atoms with van der Waals surface area (Å²) < 4.78 is 30.1. The van der Waals surface area contributed by atoms with Gasteiger partial charge in [0.05, 0.1) is 10.6 Å². The van der Waals surface area contributed by atoms with Crippen LogP contribution in [0.4, 0.5) is 13.6 Å². The number of imidazole rings is 1. The van der Waals surface area contributed by atoms with E-state index in [1.54, 1.807) is 0 Å². The second-order valence-corrected chi connectivity index (χ2v) is 6.20. The van der Waals surface area contributed by atoms with Crippen LogP contribution in [0.5, 0.6) is 0 Å². The fourth-order valence-electron chi connectivity index (χ4n) is 2.82. The maximum atomic E-state index is 15.1. The number of primary amides is 1. The maximum Gasteiger partial charge on any atom is 0.325 e. The van der Waals surface area contributed by atoms with Gasteiger partial charge >= 0.3 is 12.0 Å². The molecule has 1 aromatic carbocycles. The number of hydrogen-bond donors (Lipinski definition) is 2. The number of halogens is 3. The topological polar surface area (TPSA) is 111 Å². The Bertz CT molecular complexity index is 1160. The summed E-state index contributed by atoms with van der Waals surface area (Å²) >= 11 is 6.01. The molecule has 10 heteroatoms. The molecule has 3 N–H and O–H groups in total. The van der Waals surface area contributed by atoms with Gasteiger partial charge in [0.2, 0.25) is 0 Å². The molecule has 0 saturated carbocycles. The smallest absolute Gasteiger partial charge is 0.325 e. The number of aromatic nitrogens is 3. The highest BCUT2D eigenvalue weighted by molar-refractivity contribution is 6.33. The fraction of sp³-hybridized carbons (Fsp3) is 0.0588. The van der Waals surface area contributed by atoms with Crippen molar-refractivity contribution in [2.45, 2.75) is 5.41 Å². The molecule has 27 heavy (non-hydrogen) atoms. The molecule has 0 saturated heterocycles. The molecule has 2 heterocycles. The molecule has 1 amide bonds. The molecule has 4 rings (SSSR count). The summed E-state index contributed by atoms with van der Waals surface area (Å²) in [6.07, 6.45) is 4.86. The summed E-state index contributed by atoms with van der Waals surface area (Å²) in [4.78, 5) is 31.1. The average molecular weight is 390 g/mol. The zero-order chi connectivity index (χ0) is 19.5. The van der Waals surface area contributed by atoms with Crippen LogP contribution in [0, 0.1) is 17.8 Å². The van der Waals surface area contributed by atoms with Gasteiger partial charge in [0.1, 0.15) is 34.2 Å². The lowest BCUT2D eigenvalue weighted by Crippen LogP contribution is -2.26. The van der Waals surface area contributed by atoms with Crippen molar-refractivity contribution in [1.29, 1.82) is 0 Å². The summed E-state index contributed by atoms with van der Waals surface area (Å²) in [5.41, 5.74) is 2.20. The van der Waals surface area contributed by atoms with E-state index in [4.69, 9.17) is 17.3 Å². The number of aliphatic carboxylic acids is 1. The first-order valence-electron chi connectivity index (χ1n) is 7.46. The van der Waals surface area contributed by atoms with Crippen LogP contribution in [0.2, 0.25) is 5.02 Å². The van der Waals surface area contributed by atoms with Crippen molar-refractivity contribution in [3.63, 3.8) is 0 Å². The molecule has 0 bridgehead atoms. The third-order valence-corrected chi connectivity index (χ3v) is 4.53. The number of fused-ring (bicyclic) bond motifs is 1. The third-order valence-electron chi connectivity index (χ3n) is 4.22. The van der Waals surface area contributed by atoms with E-state index in [1.807, 2.05) is 0 Å². The van der Waals surface area contributed by atoms with Crippen LogP contribution in [0.25, 0.3) is 22.4 Å². The number of amides is 1. The Balaban J connectivity index is 2.07. The Morgan fingerprint density at radius 3 is 2.56 bits per heavy atom. The number of carboxylic acids is 1. The molecule has 1 aliphatic carbocycles. The first kappa shape index (κ1) is 17.1. The number of benzene rings is 1. The lowest BCUT2D eigenvalue weighted by atomic mass is 9.98. The number of carbonyl (C=O) groups is 2. The molecule has 2 aromatic heterocycles. The molecule has 135 valence electrons. The summed E-state index contributed by atoms with van der Waals surface area (Å²) in [5, 5.41) is 9.25. The number of pyridine rings is 1. The van der Waals surface area contributed by atoms with Gasteiger partial charge < -0.3 is 10.8 Å². The van der Waals surface area contributed by atoms with Gasteiger partial charge in [-0.2, -0.15) is 0 Å². The van der Waals surface area contributed by atoms with Crippen molar-refractivity contribution in [2.75, 3.05) is 0 Å². The normalized spacial score (nSPS) is 14.5. The third kappa shape index (κ3) is 2.32. The number of nitrogens with two attached hydrogens (primary N) is 1. The average Bonchev–Trinajstić information content (AvgIpc) is 3.30. The van der Waals surface area contributed by atoms with Crippen molar-refractivity contribution in [3.8, 4) is 11.4 Å². The Labute approximate surface area is 154 Å². The molecular formula is C17H8ClF2N4O3. The summed E-state index contributed by atoms with van der Waals surface area (Å²) in [7, 11) is 0. The lowest BCUT2D eigenvalue weighted by molar-refractivity contribution is -0.139. The highest BCUT2D eigenvalue weighted by atomic mass is 35.5. The van der Waals surface area contributed by atoms with E-state index in [9.17, 15) is 19.1 Å². The molecule has 7 nitrogen and oxygen atoms in total. The predicted octanol–water partition coefficient (Wildman–Crippen LogP) is 2.65. The summed E-state index contributed by atoms with van der Waals surface area (Å²) in [6, 6.07) is 2.63. The Morgan fingerprint density at radius 1 is 1.30 bits per heavy atom. The number of nitrogens with zero attached hydrogens (tertiary/aromatic N) is 3. The number of carbonyl (C=O) groups excluding carboxylic acids is 1. The molecule has 0 spiro atoms. The number of carboxylic acid groups (broad SMARTS) is 1. The molecule has 0 fully saturated rings. The van der Waals surface area contributed by atoms with Crippen LogP contribution in [0.1, 0.15) is 5.69 Å². The van der Waals surface area contributed by atoms with Crippen LogP contribution < -0.4 is 5.73 Å². The van der Waals surface area contributed by atoms with Gasteiger partial charge in [-0.25, -0.2) is 28.1 Å². The molecular weight excluding hydrogens is 382 g/mol. The summed E-state index contributed by atoms with van der Waals surface area (Å²) in [6.45, 7) is 0.